The van der Waals surface area contributed by atoms with Crippen LogP contribution in [-0.4, -0.2) is 41.1 Å². The molecule has 1 aliphatic rings. The standard InChI is InChI=1S/C23H25FN6O2/c1-16-4-3-5-20(17(16)2)28-10-12-29(13-11-28)23-21(30(31)32)22(26-15-27-23)25-14-18-6-8-19(24)9-7-18/h3-9,15H,10-14H2,1-2H3,(H,25,26,27). The van der Waals surface area contributed by atoms with Crippen LogP contribution < -0.4 is 15.1 Å². The molecule has 0 saturated carbocycles. The van der Waals surface area contributed by atoms with Crippen LogP contribution in [0.5, 0.6) is 0 Å². The Morgan fingerprint density at radius 3 is 2.41 bits per heavy atom. The molecule has 0 unspecified atom stereocenters. The maximum atomic E-state index is 13.1. The number of hydrogen-bond acceptors (Lipinski definition) is 7. The first-order chi connectivity index (χ1) is 15.4. The molecule has 3 aromatic rings. The van der Waals surface area contributed by atoms with E-state index in [0.717, 1.165) is 18.7 Å². The molecular weight excluding hydrogens is 411 g/mol. The predicted molar refractivity (Wildman–Crippen MR) is 123 cm³/mol. The molecule has 4 rings (SSSR count). The molecule has 1 saturated heterocycles. The van der Waals surface area contributed by atoms with Crippen molar-refractivity contribution in [2.24, 2.45) is 0 Å². The lowest BCUT2D eigenvalue weighted by Crippen LogP contribution is -2.47. The Hall–Kier alpha value is -3.75. The van der Waals surface area contributed by atoms with E-state index < -0.39 is 4.92 Å². The van der Waals surface area contributed by atoms with Gasteiger partial charge in [0.25, 0.3) is 0 Å². The minimum absolute atomic E-state index is 0.144. The fourth-order valence-corrected chi connectivity index (χ4v) is 3.92. The molecule has 166 valence electrons. The second-order valence-electron chi connectivity index (χ2n) is 7.82. The largest absolute Gasteiger partial charge is 0.368 e. The predicted octanol–water partition coefficient (Wildman–Crippen LogP) is 4.08. The lowest BCUT2D eigenvalue weighted by atomic mass is 10.1. The topological polar surface area (TPSA) is 87.4 Å². The van der Waals surface area contributed by atoms with Crippen molar-refractivity contribution in [1.29, 1.82) is 0 Å². The Morgan fingerprint density at radius 1 is 1.03 bits per heavy atom. The van der Waals surface area contributed by atoms with E-state index in [1.54, 1.807) is 12.1 Å². The second kappa shape index (κ2) is 9.17. The van der Waals surface area contributed by atoms with Gasteiger partial charge in [-0.1, -0.05) is 24.3 Å². The number of halogens is 1. The minimum Gasteiger partial charge on any atom is -0.368 e. The Kier molecular flexibility index (Phi) is 6.16. The summed E-state index contributed by atoms with van der Waals surface area (Å²) in [4.78, 5) is 24.0. The quantitative estimate of drug-likeness (QED) is 0.460. The van der Waals surface area contributed by atoms with Crippen LogP contribution in [-0.2, 0) is 6.54 Å². The van der Waals surface area contributed by atoms with Gasteiger partial charge in [-0.2, -0.15) is 0 Å². The molecule has 1 aromatic heterocycles. The number of anilines is 3. The SMILES string of the molecule is Cc1cccc(N2CCN(c3ncnc(NCc4ccc(F)cc4)c3[N+](=O)[O-])CC2)c1C. The maximum Gasteiger partial charge on any atom is 0.353 e. The van der Waals surface area contributed by atoms with Crippen LogP contribution in [0.3, 0.4) is 0 Å². The lowest BCUT2D eigenvalue weighted by Gasteiger charge is -2.37. The van der Waals surface area contributed by atoms with E-state index in [1.807, 2.05) is 4.90 Å². The molecule has 1 aliphatic heterocycles. The normalized spacial score (nSPS) is 13.8. The number of hydrogen-bond donors (Lipinski definition) is 1. The van der Waals surface area contributed by atoms with Gasteiger partial charge in [-0.15, -0.1) is 0 Å². The van der Waals surface area contributed by atoms with Gasteiger partial charge >= 0.3 is 5.69 Å². The van der Waals surface area contributed by atoms with Crippen LogP contribution in [0.2, 0.25) is 0 Å². The van der Waals surface area contributed by atoms with Gasteiger partial charge in [0.15, 0.2) is 0 Å². The van der Waals surface area contributed by atoms with Gasteiger partial charge in [0.05, 0.1) is 4.92 Å². The summed E-state index contributed by atoms with van der Waals surface area (Å²) in [6.45, 7) is 7.21. The van der Waals surface area contributed by atoms with Crippen molar-refractivity contribution >= 4 is 23.0 Å². The molecule has 1 fully saturated rings. The Balaban J connectivity index is 1.51. The van der Waals surface area contributed by atoms with Gasteiger partial charge < -0.3 is 15.1 Å². The number of nitrogens with one attached hydrogen (secondary N) is 1. The molecule has 32 heavy (non-hydrogen) atoms. The molecule has 8 nitrogen and oxygen atoms in total. The molecule has 0 bridgehead atoms. The smallest absolute Gasteiger partial charge is 0.353 e. The number of aromatic nitrogens is 2. The van der Waals surface area contributed by atoms with Gasteiger partial charge in [-0.3, -0.25) is 10.1 Å². The molecule has 0 amide bonds. The summed E-state index contributed by atoms with van der Waals surface area (Å²) >= 11 is 0. The molecule has 2 aromatic carbocycles. The highest BCUT2D eigenvalue weighted by Gasteiger charge is 2.29. The lowest BCUT2D eigenvalue weighted by molar-refractivity contribution is -0.383. The van der Waals surface area contributed by atoms with Gasteiger partial charge in [-0.05, 0) is 48.7 Å². The summed E-state index contributed by atoms with van der Waals surface area (Å²) in [5.74, 6) is 0.137. The monoisotopic (exact) mass is 436 g/mol. The molecule has 0 radical (unpaired) electrons. The van der Waals surface area contributed by atoms with Crippen molar-refractivity contribution in [2.45, 2.75) is 20.4 Å². The number of rotatable bonds is 6. The Labute approximate surface area is 185 Å². The molecule has 2 heterocycles. The van der Waals surface area contributed by atoms with Gasteiger partial charge in [-0.25, -0.2) is 14.4 Å². The Morgan fingerprint density at radius 2 is 1.72 bits per heavy atom. The molecule has 0 atom stereocenters. The van der Waals surface area contributed by atoms with E-state index in [2.05, 4.69) is 52.2 Å². The molecular formula is C23H25FN6O2. The Bertz CT molecular complexity index is 1110. The fourth-order valence-electron chi connectivity index (χ4n) is 3.92. The van der Waals surface area contributed by atoms with Crippen molar-refractivity contribution < 1.29 is 9.31 Å². The van der Waals surface area contributed by atoms with E-state index in [4.69, 9.17) is 0 Å². The summed E-state index contributed by atoms with van der Waals surface area (Å²) in [5.41, 5.74) is 4.34. The number of piperazine rings is 1. The van der Waals surface area contributed by atoms with E-state index in [1.165, 1.54) is 35.3 Å². The summed E-state index contributed by atoms with van der Waals surface area (Å²) in [7, 11) is 0. The van der Waals surface area contributed by atoms with Crippen LogP contribution in [0.25, 0.3) is 0 Å². The first kappa shape index (κ1) is 21.5. The third kappa shape index (κ3) is 4.46. The van der Waals surface area contributed by atoms with Crippen LogP contribution in [0, 0.1) is 29.8 Å². The highest BCUT2D eigenvalue weighted by molar-refractivity contribution is 5.71. The molecule has 0 aliphatic carbocycles. The van der Waals surface area contributed by atoms with Crippen LogP contribution in [0.15, 0.2) is 48.8 Å². The number of nitro groups is 1. The second-order valence-corrected chi connectivity index (χ2v) is 7.82. The van der Waals surface area contributed by atoms with E-state index in [-0.39, 0.29) is 23.9 Å². The molecule has 0 spiro atoms. The zero-order valence-corrected chi connectivity index (χ0v) is 18.1. The van der Waals surface area contributed by atoms with Gasteiger partial charge in [0.2, 0.25) is 11.6 Å². The minimum atomic E-state index is -0.445. The summed E-state index contributed by atoms with van der Waals surface area (Å²) in [5, 5.41) is 14.9. The number of nitrogens with zero attached hydrogens (tertiary/aromatic N) is 5. The first-order valence-electron chi connectivity index (χ1n) is 10.5. The zero-order chi connectivity index (χ0) is 22.7. The van der Waals surface area contributed by atoms with Crippen LogP contribution in [0.1, 0.15) is 16.7 Å². The average Bonchev–Trinajstić information content (AvgIpc) is 2.80. The number of aryl methyl sites for hydroxylation is 1. The van der Waals surface area contributed by atoms with Crippen molar-refractivity contribution in [1.82, 2.24) is 9.97 Å². The van der Waals surface area contributed by atoms with Crippen molar-refractivity contribution in [3.8, 4) is 0 Å². The van der Waals surface area contributed by atoms with Gasteiger partial charge in [0.1, 0.15) is 12.1 Å². The molecule has 9 heteroatoms. The van der Waals surface area contributed by atoms with E-state index >= 15 is 0 Å². The van der Waals surface area contributed by atoms with Crippen LogP contribution >= 0.6 is 0 Å². The number of benzene rings is 2. The maximum absolute atomic E-state index is 13.1. The van der Waals surface area contributed by atoms with Crippen LogP contribution in [0.4, 0.5) is 27.4 Å². The third-order valence-corrected chi connectivity index (χ3v) is 5.85. The highest BCUT2D eigenvalue weighted by Crippen LogP contribution is 2.33. The van der Waals surface area contributed by atoms with E-state index in [0.29, 0.717) is 18.9 Å². The molecule has 1 N–H and O–H groups in total. The van der Waals surface area contributed by atoms with Crippen molar-refractivity contribution in [3.63, 3.8) is 0 Å². The van der Waals surface area contributed by atoms with Crippen molar-refractivity contribution in [3.05, 3.63) is 81.4 Å². The van der Waals surface area contributed by atoms with E-state index in [9.17, 15) is 14.5 Å². The van der Waals surface area contributed by atoms with Gasteiger partial charge in [0, 0.05) is 38.4 Å². The highest BCUT2D eigenvalue weighted by atomic mass is 19.1. The zero-order valence-electron chi connectivity index (χ0n) is 18.1. The fraction of sp³-hybridized carbons (Fsp3) is 0.304. The average molecular weight is 436 g/mol. The third-order valence-electron chi connectivity index (χ3n) is 5.85. The summed E-state index contributed by atoms with van der Waals surface area (Å²) in [6.07, 6.45) is 1.34. The first-order valence-corrected chi connectivity index (χ1v) is 10.5. The van der Waals surface area contributed by atoms with Crippen molar-refractivity contribution in [2.75, 3.05) is 41.3 Å². The summed E-state index contributed by atoms with van der Waals surface area (Å²) in [6, 6.07) is 12.2. The summed E-state index contributed by atoms with van der Waals surface area (Å²) < 4.78 is 13.1.